The van der Waals surface area contributed by atoms with Gasteiger partial charge in [0, 0.05) is 0 Å². The second-order valence-corrected chi connectivity index (χ2v) is 5.29. The summed E-state index contributed by atoms with van der Waals surface area (Å²) in [6, 6.07) is 0. The molecule has 2 nitrogen and oxygen atoms in total. The van der Waals surface area contributed by atoms with Gasteiger partial charge < -0.3 is 0 Å². The maximum Gasteiger partial charge on any atom is 0.0980 e. The summed E-state index contributed by atoms with van der Waals surface area (Å²) in [6.07, 6.45) is 7.16. The Hall–Kier alpha value is -0.0800. The number of hydrogen-bond donors (Lipinski definition) is 0. The standard InChI is InChI=1S/C14H30O2/c1-6-9-10-13(8-3)12-15-16-14(4,5)11-7-2/h13H,6-12H2,1-5H3. The first-order valence-electron chi connectivity index (χ1n) is 6.86. The topological polar surface area (TPSA) is 18.5 Å². The van der Waals surface area contributed by atoms with E-state index in [1.54, 1.807) is 0 Å². The number of rotatable bonds is 10. The molecule has 0 fully saturated rings. The fraction of sp³-hybridized carbons (Fsp3) is 1.00. The van der Waals surface area contributed by atoms with E-state index in [0.717, 1.165) is 19.4 Å². The van der Waals surface area contributed by atoms with Crippen LogP contribution in [0.2, 0.25) is 0 Å². The Bertz CT molecular complexity index is 155. The van der Waals surface area contributed by atoms with Crippen molar-refractivity contribution < 1.29 is 9.78 Å². The molecule has 2 heteroatoms. The lowest BCUT2D eigenvalue weighted by Gasteiger charge is -2.24. The number of unbranched alkanes of at least 4 members (excludes halogenated alkanes) is 1. The SMILES string of the molecule is CCCCC(CC)COOC(C)(C)CCC. The van der Waals surface area contributed by atoms with Gasteiger partial charge in [-0.15, -0.1) is 0 Å². The lowest BCUT2D eigenvalue weighted by molar-refractivity contribution is -0.359. The average molecular weight is 230 g/mol. The van der Waals surface area contributed by atoms with Crippen molar-refractivity contribution in [1.82, 2.24) is 0 Å². The summed E-state index contributed by atoms with van der Waals surface area (Å²) in [4.78, 5) is 10.9. The minimum absolute atomic E-state index is 0.141. The van der Waals surface area contributed by atoms with Gasteiger partial charge in [-0.1, -0.05) is 46.5 Å². The molecule has 98 valence electrons. The Labute approximate surface area is 102 Å². The molecule has 0 saturated carbocycles. The highest BCUT2D eigenvalue weighted by atomic mass is 17.2. The van der Waals surface area contributed by atoms with Crippen LogP contribution in [0.5, 0.6) is 0 Å². The molecule has 1 atom stereocenters. The van der Waals surface area contributed by atoms with Crippen LogP contribution in [0.25, 0.3) is 0 Å². The van der Waals surface area contributed by atoms with E-state index in [0.29, 0.717) is 5.92 Å². The molecule has 0 aliphatic rings. The maximum atomic E-state index is 5.48. The molecular weight excluding hydrogens is 200 g/mol. The molecule has 0 aromatic rings. The smallest absolute Gasteiger partial charge is 0.0980 e. The zero-order valence-corrected chi connectivity index (χ0v) is 11.8. The molecule has 0 N–H and O–H groups in total. The zero-order chi connectivity index (χ0) is 12.4. The highest BCUT2D eigenvalue weighted by molar-refractivity contribution is 4.64. The molecule has 0 aromatic carbocycles. The summed E-state index contributed by atoms with van der Waals surface area (Å²) in [5.74, 6) is 0.650. The molecule has 0 rings (SSSR count). The van der Waals surface area contributed by atoms with Crippen LogP contribution in [0, 0.1) is 5.92 Å². The van der Waals surface area contributed by atoms with Crippen molar-refractivity contribution in [3.63, 3.8) is 0 Å². The second-order valence-electron chi connectivity index (χ2n) is 5.29. The third kappa shape index (κ3) is 8.12. The summed E-state index contributed by atoms with van der Waals surface area (Å²) in [5.41, 5.74) is -0.141. The van der Waals surface area contributed by atoms with E-state index < -0.39 is 0 Å². The van der Waals surface area contributed by atoms with E-state index in [-0.39, 0.29) is 5.60 Å². The second kappa shape index (κ2) is 9.00. The summed E-state index contributed by atoms with van der Waals surface area (Å²) >= 11 is 0. The van der Waals surface area contributed by atoms with Crippen molar-refractivity contribution in [3.8, 4) is 0 Å². The van der Waals surface area contributed by atoms with Gasteiger partial charge in [0.1, 0.15) is 0 Å². The van der Waals surface area contributed by atoms with Crippen LogP contribution in [-0.4, -0.2) is 12.2 Å². The fourth-order valence-electron chi connectivity index (χ4n) is 1.83. The highest BCUT2D eigenvalue weighted by Gasteiger charge is 2.19. The molecule has 0 bridgehead atoms. The van der Waals surface area contributed by atoms with Crippen molar-refractivity contribution in [1.29, 1.82) is 0 Å². The maximum absolute atomic E-state index is 5.48. The fourth-order valence-corrected chi connectivity index (χ4v) is 1.83. The molecule has 0 aromatic heterocycles. The molecule has 0 aliphatic carbocycles. The summed E-state index contributed by atoms with van der Waals surface area (Å²) in [7, 11) is 0. The normalized spacial score (nSPS) is 14.1. The third-order valence-electron chi connectivity index (χ3n) is 2.98. The first kappa shape index (κ1) is 15.9. The van der Waals surface area contributed by atoms with Crippen molar-refractivity contribution in [3.05, 3.63) is 0 Å². The van der Waals surface area contributed by atoms with E-state index in [1.165, 1.54) is 25.7 Å². The van der Waals surface area contributed by atoms with Crippen LogP contribution in [-0.2, 0) is 9.78 Å². The average Bonchev–Trinajstić information content (AvgIpc) is 2.22. The Morgan fingerprint density at radius 3 is 2.25 bits per heavy atom. The Balaban J connectivity index is 3.68. The van der Waals surface area contributed by atoms with Gasteiger partial charge in [-0.2, -0.15) is 0 Å². The molecule has 16 heavy (non-hydrogen) atoms. The van der Waals surface area contributed by atoms with E-state index in [9.17, 15) is 0 Å². The third-order valence-corrected chi connectivity index (χ3v) is 2.98. The highest BCUT2D eigenvalue weighted by Crippen LogP contribution is 2.19. The minimum Gasteiger partial charge on any atom is -0.236 e. The Morgan fingerprint density at radius 1 is 1.06 bits per heavy atom. The minimum atomic E-state index is -0.141. The van der Waals surface area contributed by atoms with E-state index in [4.69, 9.17) is 9.78 Å². The molecule has 0 heterocycles. The van der Waals surface area contributed by atoms with Crippen LogP contribution in [0.3, 0.4) is 0 Å². The zero-order valence-electron chi connectivity index (χ0n) is 11.8. The van der Waals surface area contributed by atoms with Crippen LogP contribution in [0.15, 0.2) is 0 Å². The van der Waals surface area contributed by atoms with Crippen LogP contribution >= 0.6 is 0 Å². The van der Waals surface area contributed by atoms with Crippen molar-refractivity contribution in [2.24, 2.45) is 5.92 Å². The summed E-state index contributed by atoms with van der Waals surface area (Å²) in [5, 5.41) is 0. The monoisotopic (exact) mass is 230 g/mol. The molecule has 0 saturated heterocycles. The Morgan fingerprint density at radius 2 is 1.75 bits per heavy atom. The first-order chi connectivity index (χ1) is 7.55. The van der Waals surface area contributed by atoms with Gasteiger partial charge in [0.15, 0.2) is 0 Å². The molecule has 0 radical (unpaired) electrons. The van der Waals surface area contributed by atoms with Gasteiger partial charge in [-0.05, 0) is 32.6 Å². The van der Waals surface area contributed by atoms with Crippen LogP contribution in [0.1, 0.15) is 73.1 Å². The van der Waals surface area contributed by atoms with Crippen molar-refractivity contribution in [2.75, 3.05) is 6.61 Å². The van der Waals surface area contributed by atoms with Crippen molar-refractivity contribution in [2.45, 2.75) is 78.7 Å². The van der Waals surface area contributed by atoms with Gasteiger partial charge >= 0.3 is 0 Å². The number of hydrogen-bond acceptors (Lipinski definition) is 2. The van der Waals surface area contributed by atoms with Crippen molar-refractivity contribution >= 4 is 0 Å². The molecule has 0 spiro atoms. The molecular formula is C14H30O2. The quantitative estimate of drug-likeness (QED) is 0.399. The largest absolute Gasteiger partial charge is 0.236 e. The summed E-state index contributed by atoms with van der Waals surface area (Å²) in [6.45, 7) is 11.5. The van der Waals surface area contributed by atoms with E-state index >= 15 is 0 Å². The van der Waals surface area contributed by atoms with E-state index in [2.05, 4.69) is 34.6 Å². The Kier molecular flexibility index (Phi) is 8.96. The van der Waals surface area contributed by atoms with Gasteiger partial charge in [0.25, 0.3) is 0 Å². The van der Waals surface area contributed by atoms with Crippen LogP contribution < -0.4 is 0 Å². The van der Waals surface area contributed by atoms with Gasteiger partial charge in [-0.25, -0.2) is 9.78 Å². The van der Waals surface area contributed by atoms with Gasteiger partial charge in [0.2, 0.25) is 0 Å². The summed E-state index contributed by atoms with van der Waals surface area (Å²) < 4.78 is 0. The predicted molar refractivity (Wildman–Crippen MR) is 69.3 cm³/mol. The lowest BCUT2D eigenvalue weighted by Crippen LogP contribution is -2.25. The molecule has 0 amide bonds. The predicted octanol–water partition coefficient (Wildman–Crippen LogP) is 4.73. The first-order valence-corrected chi connectivity index (χ1v) is 6.86. The molecule has 1 unspecified atom stereocenters. The molecule has 0 aliphatic heterocycles. The van der Waals surface area contributed by atoms with Gasteiger partial charge in [0.05, 0.1) is 12.2 Å². The van der Waals surface area contributed by atoms with E-state index in [1.807, 2.05) is 0 Å². The van der Waals surface area contributed by atoms with Crippen LogP contribution in [0.4, 0.5) is 0 Å². The lowest BCUT2D eigenvalue weighted by atomic mass is 10.0. The van der Waals surface area contributed by atoms with Gasteiger partial charge in [-0.3, -0.25) is 0 Å².